The lowest BCUT2D eigenvalue weighted by atomic mass is 10.0. The van der Waals surface area contributed by atoms with Crippen LogP contribution in [0.25, 0.3) is 32.6 Å². The summed E-state index contributed by atoms with van der Waals surface area (Å²) in [7, 11) is 0. The summed E-state index contributed by atoms with van der Waals surface area (Å²) in [4.78, 5) is 0. The van der Waals surface area contributed by atoms with Gasteiger partial charge in [-0.2, -0.15) is 15.4 Å². The van der Waals surface area contributed by atoms with Crippen LogP contribution in [0.3, 0.4) is 0 Å². The van der Waals surface area contributed by atoms with Gasteiger partial charge in [-0.15, -0.1) is 0 Å². The molecule has 118 valence electrons. The maximum absolute atomic E-state index is 4.22. The molecule has 23 heavy (non-hydrogen) atoms. The van der Waals surface area contributed by atoms with Gasteiger partial charge in [-0.25, -0.2) is 0 Å². The van der Waals surface area contributed by atoms with Crippen LogP contribution in [0.1, 0.15) is 12.8 Å². The fourth-order valence-electron chi connectivity index (χ4n) is 2.59. The first-order valence-electron chi connectivity index (χ1n) is 7.58. The number of nitrogens with one attached hydrogen (secondary N) is 1. The van der Waals surface area contributed by atoms with E-state index < -0.39 is 0 Å². The van der Waals surface area contributed by atoms with Crippen LogP contribution in [-0.4, -0.2) is 26.1 Å². The third-order valence-electron chi connectivity index (χ3n) is 3.73. The molecule has 0 aliphatic rings. The molecule has 0 amide bonds. The maximum atomic E-state index is 4.22. The minimum Gasteiger partial charge on any atom is -0.197 e. The lowest BCUT2D eigenvalue weighted by Crippen LogP contribution is -1.79. The van der Waals surface area contributed by atoms with Crippen LogP contribution >= 0.6 is 31.9 Å². The summed E-state index contributed by atoms with van der Waals surface area (Å²) in [5.74, 6) is 0. The molecule has 0 saturated heterocycles. The number of fused-ring (bicyclic) bond motifs is 5. The summed E-state index contributed by atoms with van der Waals surface area (Å²) < 4.78 is 0. The van der Waals surface area contributed by atoms with Crippen LogP contribution in [0.4, 0.5) is 0 Å². The number of H-pyrrole nitrogens is 1. The Balaban J connectivity index is 0.000000227. The van der Waals surface area contributed by atoms with Crippen molar-refractivity contribution in [3.05, 3.63) is 48.5 Å². The van der Waals surface area contributed by atoms with Gasteiger partial charge in [0.2, 0.25) is 0 Å². The van der Waals surface area contributed by atoms with Gasteiger partial charge in [0.15, 0.2) is 0 Å². The average Bonchev–Trinajstić information content (AvgIpc) is 3.09. The van der Waals surface area contributed by atoms with Crippen molar-refractivity contribution in [1.82, 2.24) is 15.4 Å². The van der Waals surface area contributed by atoms with Crippen molar-refractivity contribution in [2.45, 2.75) is 12.8 Å². The SMILES string of the molecule is BrCCCCBr.c1ccc2c(c1)ccc1c2ccc2n[nH]nc21. The van der Waals surface area contributed by atoms with E-state index in [1.807, 2.05) is 6.07 Å². The zero-order valence-electron chi connectivity index (χ0n) is 12.6. The van der Waals surface area contributed by atoms with Crippen LogP contribution in [0.15, 0.2) is 48.5 Å². The normalized spacial score (nSPS) is 10.9. The van der Waals surface area contributed by atoms with Crippen LogP contribution in [-0.2, 0) is 0 Å². The Labute approximate surface area is 151 Å². The van der Waals surface area contributed by atoms with Gasteiger partial charge in [-0.05, 0) is 35.1 Å². The van der Waals surface area contributed by atoms with E-state index >= 15 is 0 Å². The van der Waals surface area contributed by atoms with Crippen LogP contribution in [0.2, 0.25) is 0 Å². The van der Waals surface area contributed by atoms with E-state index in [9.17, 15) is 0 Å². The molecule has 3 nitrogen and oxygen atoms in total. The highest BCUT2D eigenvalue weighted by molar-refractivity contribution is 9.09. The number of hydrogen-bond acceptors (Lipinski definition) is 2. The number of nitrogens with zero attached hydrogens (tertiary/aromatic N) is 2. The first kappa shape index (κ1) is 16.4. The smallest absolute Gasteiger partial charge is 0.120 e. The zero-order chi connectivity index (χ0) is 16.1. The molecule has 0 bridgehead atoms. The van der Waals surface area contributed by atoms with Gasteiger partial charge in [-0.1, -0.05) is 74.3 Å². The van der Waals surface area contributed by atoms with Gasteiger partial charge in [0.25, 0.3) is 0 Å². The summed E-state index contributed by atoms with van der Waals surface area (Å²) in [6.45, 7) is 0. The molecular weight excluding hydrogens is 418 g/mol. The van der Waals surface area contributed by atoms with Gasteiger partial charge in [0.05, 0.1) is 0 Å². The minimum atomic E-state index is 0.910. The van der Waals surface area contributed by atoms with Crippen molar-refractivity contribution >= 4 is 64.4 Å². The number of hydrogen-bond donors (Lipinski definition) is 1. The number of rotatable bonds is 3. The zero-order valence-corrected chi connectivity index (χ0v) is 15.8. The molecule has 3 aromatic carbocycles. The molecule has 0 aliphatic heterocycles. The minimum absolute atomic E-state index is 0.910. The Kier molecular flexibility index (Phi) is 5.62. The summed E-state index contributed by atoms with van der Waals surface area (Å²) in [5.41, 5.74) is 1.85. The van der Waals surface area contributed by atoms with Crippen molar-refractivity contribution in [1.29, 1.82) is 0 Å². The molecule has 0 aliphatic carbocycles. The van der Waals surface area contributed by atoms with Crippen molar-refractivity contribution in [2.75, 3.05) is 10.7 Å². The van der Waals surface area contributed by atoms with E-state index in [0.29, 0.717) is 0 Å². The number of alkyl halides is 2. The molecule has 0 saturated carbocycles. The van der Waals surface area contributed by atoms with Gasteiger partial charge in [0, 0.05) is 16.0 Å². The van der Waals surface area contributed by atoms with Crippen molar-refractivity contribution < 1.29 is 0 Å². The van der Waals surface area contributed by atoms with Crippen LogP contribution in [0.5, 0.6) is 0 Å². The molecule has 0 unspecified atom stereocenters. The molecule has 4 aromatic rings. The largest absolute Gasteiger partial charge is 0.197 e. The number of benzene rings is 3. The fraction of sp³-hybridized carbons (Fsp3) is 0.222. The van der Waals surface area contributed by atoms with Gasteiger partial charge >= 0.3 is 0 Å². The first-order valence-corrected chi connectivity index (χ1v) is 9.82. The predicted octanol–water partition coefficient (Wildman–Crippen LogP) is 5.82. The Hall–Kier alpha value is -1.46. The van der Waals surface area contributed by atoms with Crippen molar-refractivity contribution in [3.8, 4) is 0 Å². The van der Waals surface area contributed by atoms with E-state index in [4.69, 9.17) is 0 Å². The molecule has 0 fully saturated rings. The third kappa shape index (κ3) is 3.56. The molecule has 1 aromatic heterocycles. The summed E-state index contributed by atoms with van der Waals surface area (Å²) >= 11 is 6.66. The highest BCUT2D eigenvalue weighted by Gasteiger charge is 2.06. The molecule has 1 N–H and O–H groups in total. The molecule has 0 radical (unpaired) electrons. The van der Waals surface area contributed by atoms with Gasteiger partial charge < -0.3 is 0 Å². The number of aromatic nitrogens is 3. The second kappa shape index (κ2) is 7.88. The van der Waals surface area contributed by atoms with Crippen LogP contribution < -0.4 is 0 Å². The standard InChI is InChI=1S/C14H9N3.C4H8Br2/c1-2-4-10-9(3-1)5-6-12-11(10)7-8-13-14(12)16-17-15-13;5-3-1-2-4-6/h1-8H,(H,15,16,17);1-4H2. The Morgan fingerprint density at radius 1 is 0.739 bits per heavy atom. The summed E-state index contributed by atoms with van der Waals surface area (Å²) in [6.07, 6.45) is 2.57. The summed E-state index contributed by atoms with van der Waals surface area (Å²) in [5, 5.41) is 18.2. The Morgan fingerprint density at radius 2 is 1.48 bits per heavy atom. The molecule has 0 atom stereocenters. The maximum Gasteiger partial charge on any atom is 0.120 e. The Morgan fingerprint density at radius 3 is 2.26 bits per heavy atom. The first-order chi connectivity index (χ1) is 11.3. The van der Waals surface area contributed by atoms with E-state index in [1.165, 1.54) is 29.0 Å². The van der Waals surface area contributed by atoms with Crippen molar-refractivity contribution in [3.63, 3.8) is 0 Å². The van der Waals surface area contributed by atoms with E-state index in [2.05, 4.69) is 89.7 Å². The van der Waals surface area contributed by atoms with Gasteiger partial charge in [-0.3, -0.25) is 0 Å². The lowest BCUT2D eigenvalue weighted by molar-refractivity contribution is 0.919. The van der Waals surface area contributed by atoms with Crippen LogP contribution in [0, 0.1) is 0 Å². The van der Waals surface area contributed by atoms with E-state index in [0.717, 1.165) is 27.1 Å². The number of halogens is 2. The molecule has 0 spiro atoms. The number of unbranched alkanes of at least 4 members (excludes halogenated alkanes) is 1. The fourth-order valence-corrected chi connectivity index (χ4v) is 3.38. The topological polar surface area (TPSA) is 41.6 Å². The Bertz CT molecular complexity index is 914. The third-order valence-corrected chi connectivity index (χ3v) is 4.85. The van der Waals surface area contributed by atoms with Crippen molar-refractivity contribution in [2.24, 2.45) is 0 Å². The molecule has 5 heteroatoms. The van der Waals surface area contributed by atoms with E-state index in [-0.39, 0.29) is 0 Å². The average molecular weight is 435 g/mol. The molecule has 4 rings (SSSR count). The van der Waals surface area contributed by atoms with E-state index in [1.54, 1.807) is 0 Å². The monoisotopic (exact) mass is 433 g/mol. The molecule has 1 heterocycles. The highest BCUT2D eigenvalue weighted by atomic mass is 79.9. The predicted molar refractivity (Wildman–Crippen MR) is 106 cm³/mol. The summed E-state index contributed by atoms with van der Waals surface area (Å²) in [6, 6.07) is 16.8. The quantitative estimate of drug-likeness (QED) is 0.250. The second-order valence-electron chi connectivity index (χ2n) is 5.22. The second-order valence-corrected chi connectivity index (χ2v) is 6.81. The lowest BCUT2D eigenvalue weighted by Gasteiger charge is -2.03. The highest BCUT2D eigenvalue weighted by Crippen LogP contribution is 2.29. The van der Waals surface area contributed by atoms with Gasteiger partial charge in [0.1, 0.15) is 11.0 Å². The molecular formula is C18H17Br2N3. The number of aromatic amines is 1.